The van der Waals surface area contributed by atoms with Gasteiger partial charge in [0.1, 0.15) is 11.3 Å². The Kier molecular flexibility index (Phi) is 5.95. The van der Waals surface area contributed by atoms with Gasteiger partial charge < -0.3 is 25.2 Å². The van der Waals surface area contributed by atoms with E-state index >= 15 is 0 Å². The third-order valence-electron chi connectivity index (χ3n) is 10.1. The normalized spacial score (nSPS) is 37.0. The number of hydrogen-bond donors (Lipinski definition) is 4. The summed E-state index contributed by atoms with van der Waals surface area (Å²) >= 11 is 0. The second-order valence-corrected chi connectivity index (χ2v) is 12.7. The van der Waals surface area contributed by atoms with Crippen molar-refractivity contribution >= 4 is 6.29 Å². The lowest BCUT2D eigenvalue weighted by Crippen LogP contribution is -2.42. The molecule has 0 amide bonds. The monoisotopic (exact) mass is 474 g/mol. The van der Waals surface area contributed by atoms with Crippen LogP contribution < -0.4 is 4.74 Å². The summed E-state index contributed by atoms with van der Waals surface area (Å²) in [7, 11) is 1.33. The molecule has 6 nitrogen and oxygen atoms in total. The average Bonchev–Trinajstić information content (AvgIpc) is 3.13. The Balaban J connectivity index is 1.93. The number of fused-ring (bicyclic) bond motifs is 3. The van der Waals surface area contributed by atoms with E-state index in [4.69, 9.17) is 4.74 Å². The number of aldehydes is 1. The second-order valence-electron chi connectivity index (χ2n) is 12.7. The van der Waals surface area contributed by atoms with E-state index in [-0.39, 0.29) is 62.9 Å². The number of ether oxygens (including phenoxy) is 1. The van der Waals surface area contributed by atoms with Crippen LogP contribution in [-0.4, -0.2) is 39.4 Å². The summed E-state index contributed by atoms with van der Waals surface area (Å²) in [6, 6.07) is 0. The van der Waals surface area contributed by atoms with Crippen LogP contribution in [0.15, 0.2) is 0 Å². The molecule has 0 aliphatic heterocycles. The van der Waals surface area contributed by atoms with Crippen LogP contribution in [0.25, 0.3) is 0 Å². The van der Waals surface area contributed by atoms with Crippen molar-refractivity contribution in [3.05, 3.63) is 11.1 Å². The Bertz CT molecular complexity index is 980. The fourth-order valence-corrected chi connectivity index (χ4v) is 8.27. The quantitative estimate of drug-likeness (QED) is 0.400. The lowest BCUT2D eigenvalue weighted by molar-refractivity contribution is -0.0441. The minimum atomic E-state index is -0.751. The van der Waals surface area contributed by atoms with Crippen LogP contribution in [0.2, 0.25) is 0 Å². The summed E-state index contributed by atoms with van der Waals surface area (Å²) in [5.74, 6) is -0.0526. The zero-order valence-corrected chi connectivity index (χ0v) is 21.7. The van der Waals surface area contributed by atoms with Crippen molar-refractivity contribution in [3.63, 3.8) is 0 Å². The minimum Gasteiger partial charge on any atom is -0.507 e. The molecule has 4 rings (SSSR count). The summed E-state index contributed by atoms with van der Waals surface area (Å²) < 4.78 is 5.28. The maximum Gasteiger partial charge on any atom is 0.204 e. The molecule has 0 aromatic heterocycles. The lowest BCUT2D eigenvalue weighted by Gasteiger charge is -2.45. The minimum absolute atomic E-state index is 0.137. The average molecular weight is 475 g/mol. The summed E-state index contributed by atoms with van der Waals surface area (Å²) in [5, 5.41) is 44.4. The van der Waals surface area contributed by atoms with Crippen molar-refractivity contribution in [2.24, 2.45) is 40.4 Å². The van der Waals surface area contributed by atoms with Gasteiger partial charge in [0.25, 0.3) is 0 Å². The number of benzene rings is 1. The first-order valence-electron chi connectivity index (χ1n) is 12.8. The van der Waals surface area contributed by atoms with Crippen molar-refractivity contribution in [2.45, 2.75) is 85.2 Å². The molecule has 1 aromatic carbocycles. The van der Waals surface area contributed by atoms with E-state index in [9.17, 15) is 25.2 Å². The highest BCUT2D eigenvalue weighted by atomic mass is 16.5. The van der Waals surface area contributed by atoms with Gasteiger partial charge in [0, 0.05) is 5.56 Å². The third kappa shape index (κ3) is 3.42. The van der Waals surface area contributed by atoms with Gasteiger partial charge in [-0.25, -0.2) is 0 Å². The second kappa shape index (κ2) is 8.04. The molecule has 0 spiro atoms. The number of aromatic hydroxyl groups is 3. The first kappa shape index (κ1) is 25.2. The molecule has 1 unspecified atom stereocenters. The van der Waals surface area contributed by atoms with E-state index in [2.05, 4.69) is 34.6 Å². The zero-order valence-electron chi connectivity index (χ0n) is 21.7. The molecule has 1 aromatic rings. The number of phenols is 3. The Hall–Kier alpha value is -1.95. The Morgan fingerprint density at radius 3 is 2.15 bits per heavy atom. The van der Waals surface area contributed by atoms with Gasteiger partial charge >= 0.3 is 0 Å². The van der Waals surface area contributed by atoms with E-state index in [1.807, 2.05) is 6.92 Å². The first-order valence-corrected chi connectivity index (χ1v) is 12.8. The predicted octanol–water partition coefficient (Wildman–Crippen LogP) is 5.60. The third-order valence-corrected chi connectivity index (χ3v) is 10.1. The molecule has 34 heavy (non-hydrogen) atoms. The number of aliphatic hydroxyl groups is 1. The maximum atomic E-state index is 11.8. The summed E-state index contributed by atoms with van der Waals surface area (Å²) in [5.41, 5.74) is -0.852. The van der Waals surface area contributed by atoms with Gasteiger partial charge in [0.2, 0.25) is 5.75 Å². The zero-order chi connectivity index (χ0) is 25.4. The summed E-state index contributed by atoms with van der Waals surface area (Å²) in [4.78, 5) is 11.8. The van der Waals surface area contributed by atoms with E-state index in [0.717, 1.165) is 25.7 Å². The van der Waals surface area contributed by atoms with Crippen LogP contribution in [-0.2, 0) is 0 Å². The number of hydrogen-bond acceptors (Lipinski definition) is 6. The Labute approximate surface area is 203 Å². The van der Waals surface area contributed by atoms with E-state index in [1.54, 1.807) is 0 Å². The Morgan fingerprint density at radius 2 is 1.59 bits per heavy atom. The number of methoxy groups -OCH3 is 1. The predicted molar refractivity (Wildman–Crippen MR) is 131 cm³/mol. The fraction of sp³-hybridized carbons (Fsp3) is 0.750. The molecular formula is C28H42O6. The molecule has 3 aliphatic carbocycles. The van der Waals surface area contributed by atoms with Gasteiger partial charge in [-0.1, -0.05) is 34.6 Å². The smallest absolute Gasteiger partial charge is 0.204 e. The maximum absolute atomic E-state index is 11.8. The van der Waals surface area contributed by atoms with E-state index < -0.39 is 11.4 Å². The van der Waals surface area contributed by atoms with Gasteiger partial charge in [0.05, 0.1) is 12.7 Å². The summed E-state index contributed by atoms with van der Waals surface area (Å²) in [6.07, 6.45) is 4.66. The van der Waals surface area contributed by atoms with Crippen LogP contribution in [0.1, 0.15) is 95.5 Å². The number of carbonyl (C=O) groups is 1. The van der Waals surface area contributed by atoms with Crippen LogP contribution >= 0.6 is 0 Å². The van der Waals surface area contributed by atoms with Gasteiger partial charge in [-0.05, 0) is 85.4 Å². The number of carbonyl (C=O) groups excluding carboxylic acids is 1. The molecule has 0 bridgehead atoms. The van der Waals surface area contributed by atoms with Crippen LogP contribution in [0.4, 0.5) is 0 Å². The molecule has 6 heteroatoms. The van der Waals surface area contributed by atoms with E-state index in [1.165, 1.54) is 7.11 Å². The highest BCUT2D eigenvalue weighted by Gasteiger charge is 2.70. The molecule has 3 aliphatic rings. The van der Waals surface area contributed by atoms with Crippen molar-refractivity contribution in [3.8, 4) is 23.0 Å². The van der Waals surface area contributed by atoms with Gasteiger partial charge in [-0.15, -0.1) is 0 Å². The standard InChI is InChI=1S/C28H42O6/c1-14(2)12-18(19-22(30)15(13-29)23(31)25(34-7)24(19)32)27(5)10-8-17-21(27)20-16(26(20,3)4)9-11-28(17,6)33/h13-14,16-18,20-21,30-33H,8-12H2,1-7H3/t16?,17-,18+,20-,21-,27+,28-/m1/s1. The molecular weight excluding hydrogens is 432 g/mol. The Morgan fingerprint density at radius 1 is 0.971 bits per heavy atom. The first-order chi connectivity index (χ1) is 15.7. The topological polar surface area (TPSA) is 107 Å². The van der Waals surface area contributed by atoms with Crippen molar-refractivity contribution in [1.29, 1.82) is 0 Å². The SMILES string of the molecule is COc1c(O)c(C=O)c(O)c([C@H](CC(C)C)[C@]2(C)CC[C@@H]3[C@@H]2[C@H]2C(CC[C@@]3(C)O)C2(C)C)c1O. The lowest BCUT2D eigenvalue weighted by atomic mass is 9.59. The molecule has 4 N–H and O–H groups in total. The molecule has 190 valence electrons. The van der Waals surface area contributed by atoms with Crippen molar-refractivity contribution in [2.75, 3.05) is 7.11 Å². The van der Waals surface area contributed by atoms with Crippen LogP contribution in [0, 0.1) is 40.4 Å². The molecule has 0 saturated heterocycles. The largest absolute Gasteiger partial charge is 0.507 e. The van der Waals surface area contributed by atoms with E-state index in [0.29, 0.717) is 24.5 Å². The van der Waals surface area contributed by atoms with Crippen molar-refractivity contribution < 1.29 is 30.0 Å². The molecule has 3 fully saturated rings. The van der Waals surface area contributed by atoms with Gasteiger partial charge in [-0.2, -0.15) is 0 Å². The van der Waals surface area contributed by atoms with Gasteiger partial charge in [-0.3, -0.25) is 4.79 Å². The van der Waals surface area contributed by atoms with Crippen LogP contribution in [0.5, 0.6) is 23.0 Å². The van der Waals surface area contributed by atoms with Gasteiger partial charge in [0.15, 0.2) is 17.8 Å². The number of rotatable bonds is 6. The number of phenolic OH excluding ortho intramolecular Hbond substituents is 3. The summed E-state index contributed by atoms with van der Waals surface area (Å²) in [6.45, 7) is 13.1. The van der Waals surface area contributed by atoms with Crippen LogP contribution in [0.3, 0.4) is 0 Å². The highest BCUT2D eigenvalue weighted by molar-refractivity contribution is 5.88. The molecule has 0 radical (unpaired) electrons. The molecule has 0 heterocycles. The van der Waals surface area contributed by atoms with Crippen molar-refractivity contribution in [1.82, 2.24) is 0 Å². The fourth-order valence-electron chi connectivity index (χ4n) is 8.27. The highest BCUT2D eigenvalue weighted by Crippen LogP contribution is 2.76. The molecule has 3 saturated carbocycles. The molecule has 7 atom stereocenters.